The Morgan fingerprint density at radius 3 is 2.58 bits per heavy atom. The van der Waals surface area contributed by atoms with Gasteiger partial charge in [-0.1, -0.05) is 50.0 Å². The van der Waals surface area contributed by atoms with Crippen LogP contribution < -0.4 is 19.9 Å². The highest BCUT2D eigenvalue weighted by Crippen LogP contribution is 2.29. The maximum atomic E-state index is 13.0. The Morgan fingerprint density at radius 1 is 1.10 bits per heavy atom. The number of rotatable bonds is 2. The highest BCUT2D eigenvalue weighted by molar-refractivity contribution is 9.10. The van der Waals surface area contributed by atoms with E-state index < -0.39 is 0 Å². The second-order valence-corrected chi connectivity index (χ2v) is 8.03. The van der Waals surface area contributed by atoms with Crippen LogP contribution in [0.15, 0.2) is 41.0 Å². The van der Waals surface area contributed by atoms with Crippen molar-refractivity contribution in [2.24, 2.45) is 0 Å². The van der Waals surface area contributed by atoms with Crippen LogP contribution in [0.25, 0.3) is 0 Å². The lowest BCUT2D eigenvalue weighted by molar-refractivity contribution is 0.0989. The van der Waals surface area contributed by atoms with Crippen molar-refractivity contribution in [2.45, 2.75) is 40.5 Å². The largest absolute Gasteiger partial charge is 0.491 e. The van der Waals surface area contributed by atoms with E-state index in [2.05, 4.69) is 45.0 Å². The van der Waals surface area contributed by atoms with Gasteiger partial charge in [0.05, 0.1) is 24.0 Å². The van der Waals surface area contributed by atoms with Crippen LogP contribution in [0.4, 0.5) is 11.5 Å². The summed E-state index contributed by atoms with van der Waals surface area (Å²) >= 11 is 3.42. The summed E-state index contributed by atoms with van der Waals surface area (Å²) in [6.07, 6.45) is 4.15. The van der Waals surface area contributed by atoms with E-state index in [4.69, 9.17) is 4.74 Å². The first-order chi connectivity index (χ1) is 15.1. The number of carbonyl (C=O) groups is 1. The van der Waals surface area contributed by atoms with Crippen molar-refractivity contribution in [1.29, 1.82) is 0 Å². The first-order valence-corrected chi connectivity index (χ1v) is 12.1. The molecule has 1 aromatic carbocycles. The number of ether oxygens (including phenoxy) is 1. The zero-order chi connectivity index (χ0) is 22.6. The van der Waals surface area contributed by atoms with E-state index in [0.717, 1.165) is 48.6 Å². The Balaban J connectivity index is 0.000000630. The van der Waals surface area contributed by atoms with Crippen LogP contribution in [0.3, 0.4) is 0 Å². The zero-order valence-corrected chi connectivity index (χ0v) is 20.7. The number of halogens is 1. The minimum Gasteiger partial charge on any atom is -0.491 e. The van der Waals surface area contributed by atoms with E-state index in [-0.39, 0.29) is 5.91 Å². The first kappa shape index (κ1) is 25.1. The molecular weight excluding hydrogens is 456 g/mol. The molecule has 1 fully saturated rings. The van der Waals surface area contributed by atoms with Gasteiger partial charge in [0.1, 0.15) is 18.2 Å². The SMILES string of the molecule is CC.CCC.O=C1c2ccc(Br)cc2OCCN1c1ccc(N2CCCNCC2)nc1. The molecule has 2 aliphatic rings. The van der Waals surface area contributed by atoms with E-state index in [1.165, 1.54) is 6.42 Å². The van der Waals surface area contributed by atoms with Crippen LogP contribution in [-0.4, -0.2) is 50.2 Å². The second-order valence-electron chi connectivity index (χ2n) is 7.12. The van der Waals surface area contributed by atoms with Crippen molar-refractivity contribution in [3.05, 3.63) is 46.6 Å². The summed E-state index contributed by atoms with van der Waals surface area (Å²) in [6, 6.07) is 9.47. The molecule has 31 heavy (non-hydrogen) atoms. The first-order valence-electron chi connectivity index (χ1n) is 11.3. The summed E-state index contributed by atoms with van der Waals surface area (Å²) < 4.78 is 6.65. The normalized spacial score (nSPS) is 15.8. The van der Waals surface area contributed by atoms with Crippen LogP contribution in [0.5, 0.6) is 5.75 Å². The van der Waals surface area contributed by atoms with E-state index in [9.17, 15) is 4.79 Å². The third-order valence-corrected chi connectivity index (χ3v) is 5.19. The van der Waals surface area contributed by atoms with Gasteiger partial charge in [0.15, 0.2) is 0 Å². The van der Waals surface area contributed by atoms with Crippen LogP contribution in [0, 0.1) is 0 Å². The van der Waals surface area contributed by atoms with Crippen molar-refractivity contribution in [2.75, 3.05) is 49.1 Å². The predicted molar refractivity (Wildman–Crippen MR) is 133 cm³/mol. The minimum absolute atomic E-state index is 0.0569. The molecule has 0 aliphatic carbocycles. The van der Waals surface area contributed by atoms with E-state index >= 15 is 0 Å². The highest BCUT2D eigenvalue weighted by Gasteiger charge is 2.25. The number of benzene rings is 1. The molecule has 1 amide bonds. The maximum Gasteiger partial charge on any atom is 0.262 e. The summed E-state index contributed by atoms with van der Waals surface area (Å²) in [5, 5.41) is 3.40. The molecule has 2 aliphatic heterocycles. The summed E-state index contributed by atoms with van der Waals surface area (Å²) in [5.41, 5.74) is 1.37. The zero-order valence-electron chi connectivity index (χ0n) is 19.2. The predicted octanol–water partition coefficient (Wildman–Crippen LogP) is 5.13. The molecule has 0 saturated carbocycles. The molecule has 6 nitrogen and oxygen atoms in total. The molecule has 1 N–H and O–H groups in total. The van der Waals surface area contributed by atoms with Crippen LogP contribution >= 0.6 is 15.9 Å². The average molecular weight is 491 g/mol. The van der Waals surface area contributed by atoms with Gasteiger partial charge in [0, 0.05) is 24.1 Å². The fraction of sp³-hybridized carbons (Fsp3) is 0.500. The fourth-order valence-electron chi connectivity index (χ4n) is 3.33. The summed E-state index contributed by atoms with van der Waals surface area (Å²) in [4.78, 5) is 21.6. The van der Waals surface area contributed by atoms with Gasteiger partial charge in [-0.3, -0.25) is 4.79 Å². The molecule has 7 heteroatoms. The molecule has 0 radical (unpaired) electrons. The van der Waals surface area contributed by atoms with Gasteiger partial charge in [0.2, 0.25) is 0 Å². The molecule has 0 unspecified atom stereocenters. The summed E-state index contributed by atoms with van der Waals surface area (Å²) in [7, 11) is 0. The number of nitrogens with one attached hydrogen (secondary N) is 1. The molecule has 0 bridgehead atoms. The number of nitrogens with zero attached hydrogens (tertiary/aromatic N) is 3. The fourth-order valence-corrected chi connectivity index (χ4v) is 3.67. The van der Waals surface area contributed by atoms with Crippen molar-refractivity contribution < 1.29 is 9.53 Å². The Bertz CT molecular complexity index is 806. The Labute approximate surface area is 195 Å². The van der Waals surface area contributed by atoms with E-state index in [0.29, 0.717) is 24.5 Å². The van der Waals surface area contributed by atoms with Crippen molar-refractivity contribution in [1.82, 2.24) is 10.3 Å². The molecule has 0 atom stereocenters. The quantitative estimate of drug-likeness (QED) is 0.632. The number of hydrogen-bond acceptors (Lipinski definition) is 5. The van der Waals surface area contributed by atoms with Gasteiger partial charge in [-0.2, -0.15) is 0 Å². The molecular formula is C24H35BrN4O2. The smallest absolute Gasteiger partial charge is 0.262 e. The van der Waals surface area contributed by atoms with Crippen LogP contribution in [-0.2, 0) is 0 Å². The number of fused-ring (bicyclic) bond motifs is 1. The van der Waals surface area contributed by atoms with Gasteiger partial charge in [-0.15, -0.1) is 0 Å². The molecule has 3 heterocycles. The standard InChI is InChI=1S/C19H21BrN4O2.C3H8.C2H6/c20-14-2-4-16-17(12-14)26-11-10-24(19(16)25)15-3-5-18(22-13-15)23-8-1-6-21-7-9-23;1-3-2;1-2/h2-5,12-13,21H,1,6-11H2;3H2,1-2H3;1-2H3. The Kier molecular flexibility index (Phi) is 10.8. The van der Waals surface area contributed by atoms with Gasteiger partial charge < -0.3 is 19.9 Å². The van der Waals surface area contributed by atoms with Gasteiger partial charge >= 0.3 is 0 Å². The van der Waals surface area contributed by atoms with Crippen molar-refractivity contribution >= 4 is 33.3 Å². The van der Waals surface area contributed by atoms with Crippen molar-refractivity contribution in [3.63, 3.8) is 0 Å². The van der Waals surface area contributed by atoms with Crippen LogP contribution in [0.2, 0.25) is 0 Å². The van der Waals surface area contributed by atoms with Gasteiger partial charge in [0.25, 0.3) is 5.91 Å². The minimum atomic E-state index is -0.0569. The second kappa shape index (κ2) is 13.3. The molecule has 4 rings (SSSR count). The number of amides is 1. The number of anilines is 2. The van der Waals surface area contributed by atoms with E-state index in [1.807, 2.05) is 38.1 Å². The molecule has 1 saturated heterocycles. The highest BCUT2D eigenvalue weighted by atomic mass is 79.9. The number of pyridine rings is 1. The Morgan fingerprint density at radius 2 is 1.87 bits per heavy atom. The molecule has 1 aromatic heterocycles. The van der Waals surface area contributed by atoms with Gasteiger partial charge in [-0.05, 0) is 43.3 Å². The number of aromatic nitrogens is 1. The maximum absolute atomic E-state index is 13.0. The average Bonchev–Trinajstić information content (AvgIpc) is 3.16. The third-order valence-electron chi connectivity index (χ3n) is 4.70. The molecule has 170 valence electrons. The number of carbonyl (C=O) groups excluding carboxylic acids is 1. The Hall–Kier alpha value is -2.12. The lowest BCUT2D eigenvalue weighted by Gasteiger charge is -2.23. The summed E-state index contributed by atoms with van der Waals surface area (Å²) in [5.74, 6) is 1.52. The lowest BCUT2D eigenvalue weighted by Crippen LogP contribution is -2.32. The monoisotopic (exact) mass is 490 g/mol. The van der Waals surface area contributed by atoms with Crippen molar-refractivity contribution in [3.8, 4) is 5.75 Å². The number of hydrogen-bond donors (Lipinski definition) is 1. The molecule has 2 aromatic rings. The van der Waals surface area contributed by atoms with Crippen LogP contribution in [0.1, 0.15) is 50.9 Å². The van der Waals surface area contributed by atoms with Gasteiger partial charge in [-0.25, -0.2) is 4.98 Å². The third kappa shape index (κ3) is 6.94. The topological polar surface area (TPSA) is 57.7 Å². The lowest BCUT2D eigenvalue weighted by atomic mass is 10.1. The van der Waals surface area contributed by atoms with E-state index in [1.54, 1.807) is 17.2 Å². The molecule has 0 spiro atoms. The summed E-state index contributed by atoms with van der Waals surface area (Å²) in [6.45, 7) is 13.2.